The number of halogens is 1. The van der Waals surface area contributed by atoms with Gasteiger partial charge in [0.1, 0.15) is 11.5 Å². The van der Waals surface area contributed by atoms with E-state index >= 15 is 0 Å². The molecule has 0 amide bonds. The Bertz CT molecular complexity index is 1250. The number of carbonyl (C=O) groups excluding carboxylic acids is 1. The largest absolute Gasteiger partial charge is 0.464 e. The number of fused-ring (bicyclic) bond motifs is 1. The second kappa shape index (κ2) is 7.57. The maximum absolute atomic E-state index is 13.4. The van der Waals surface area contributed by atoms with Gasteiger partial charge in [0.25, 0.3) is 10.0 Å². The molecule has 0 atom stereocenters. The minimum absolute atomic E-state index is 0.0345. The molecule has 5 nitrogen and oxygen atoms in total. The monoisotopic (exact) mass is 425 g/mol. The molecule has 0 aliphatic heterocycles. The van der Waals surface area contributed by atoms with Crippen LogP contribution in [0.1, 0.15) is 39.3 Å². The molecule has 1 aliphatic rings. The molecule has 4 rings (SSSR count). The van der Waals surface area contributed by atoms with Gasteiger partial charge in [-0.25, -0.2) is 21.6 Å². The van der Waals surface area contributed by atoms with Gasteiger partial charge in [0.05, 0.1) is 12.0 Å². The molecular weight excluding hydrogens is 405 g/mol. The van der Waals surface area contributed by atoms with Gasteiger partial charge in [-0.05, 0) is 61.2 Å². The molecule has 1 aliphatic carbocycles. The molecule has 0 unspecified atom stereocenters. The summed E-state index contributed by atoms with van der Waals surface area (Å²) in [6.45, 7) is 1.87. The molecule has 154 valence electrons. The number of aryl methyl sites for hydroxylation is 1. The number of carbonyl (C=O) groups is 1. The van der Waals surface area contributed by atoms with Crippen LogP contribution in [0, 0.1) is 12.7 Å². The van der Waals surface area contributed by atoms with Crippen molar-refractivity contribution in [2.45, 2.75) is 24.7 Å². The lowest BCUT2D eigenvalue weighted by Gasteiger charge is -2.12. The third-order valence-corrected chi connectivity index (χ3v) is 6.96. The Kier molecular flexibility index (Phi) is 5.07. The van der Waals surface area contributed by atoms with E-state index in [4.69, 9.17) is 4.74 Å². The lowest BCUT2D eigenvalue weighted by molar-refractivity contribution is 0.0592. The van der Waals surface area contributed by atoms with E-state index in [2.05, 4.69) is 0 Å². The molecule has 7 heteroatoms. The highest BCUT2D eigenvalue weighted by atomic mass is 32.2. The van der Waals surface area contributed by atoms with Crippen molar-refractivity contribution in [3.8, 4) is 0 Å². The van der Waals surface area contributed by atoms with Crippen LogP contribution in [0.15, 0.2) is 59.5 Å². The zero-order chi connectivity index (χ0) is 21.5. The van der Waals surface area contributed by atoms with Gasteiger partial charge in [-0.2, -0.15) is 0 Å². The maximum Gasteiger partial charge on any atom is 0.355 e. The number of hydrogen-bond donors (Lipinski definition) is 0. The van der Waals surface area contributed by atoms with Crippen molar-refractivity contribution < 1.29 is 22.3 Å². The summed E-state index contributed by atoms with van der Waals surface area (Å²) in [7, 11) is -2.77. The number of allylic oxidation sites excluding steroid dienone is 1. The highest BCUT2D eigenvalue weighted by Gasteiger charge is 2.33. The van der Waals surface area contributed by atoms with E-state index in [0.29, 0.717) is 24.1 Å². The Balaban J connectivity index is 1.87. The highest BCUT2D eigenvalue weighted by molar-refractivity contribution is 7.90. The summed E-state index contributed by atoms with van der Waals surface area (Å²) in [6, 6.07) is 14.1. The summed E-state index contributed by atoms with van der Waals surface area (Å²) < 4.78 is 46.0. The summed E-state index contributed by atoms with van der Waals surface area (Å²) in [5, 5.41) is 0. The van der Waals surface area contributed by atoms with E-state index < -0.39 is 16.0 Å². The predicted molar refractivity (Wildman–Crippen MR) is 112 cm³/mol. The number of rotatable bonds is 4. The number of esters is 1. The molecule has 30 heavy (non-hydrogen) atoms. The van der Waals surface area contributed by atoms with E-state index in [9.17, 15) is 17.6 Å². The second-order valence-electron chi connectivity index (χ2n) is 7.19. The summed E-state index contributed by atoms with van der Waals surface area (Å²) in [4.78, 5) is 12.5. The van der Waals surface area contributed by atoms with Gasteiger partial charge in [0, 0.05) is 11.3 Å². The molecule has 1 heterocycles. The standard InChI is InChI=1S/C23H20FNO4S/c1-15-3-10-19(11-4-15)30(27,28)25-21-12-7-17(13-16-5-8-18(24)9-6-16)20(21)14-22(25)23(26)29-2/h3-6,8-11,13-14H,7,12H2,1-2H3/b17-13-. The van der Waals surface area contributed by atoms with Crippen LogP contribution in [-0.4, -0.2) is 25.5 Å². The highest BCUT2D eigenvalue weighted by Crippen LogP contribution is 2.38. The van der Waals surface area contributed by atoms with Crippen molar-refractivity contribution in [2.75, 3.05) is 7.11 Å². The Morgan fingerprint density at radius 3 is 2.37 bits per heavy atom. The lowest BCUT2D eigenvalue weighted by Crippen LogP contribution is -2.21. The van der Waals surface area contributed by atoms with Crippen LogP contribution in [0.5, 0.6) is 0 Å². The van der Waals surface area contributed by atoms with Crippen LogP contribution in [-0.2, 0) is 21.2 Å². The molecule has 2 aromatic carbocycles. The summed E-state index contributed by atoms with van der Waals surface area (Å²) >= 11 is 0. The minimum atomic E-state index is -3.99. The molecule has 0 N–H and O–H groups in total. The Morgan fingerprint density at radius 2 is 1.73 bits per heavy atom. The van der Waals surface area contributed by atoms with Gasteiger partial charge in [0.2, 0.25) is 0 Å². The fourth-order valence-corrected chi connectivity index (χ4v) is 5.24. The normalized spacial score (nSPS) is 14.7. The van der Waals surface area contributed by atoms with Crippen LogP contribution in [0.4, 0.5) is 4.39 Å². The molecule has 3 aromatic rings. The Hall–Kier alpha value is -3.19. The van der Waals surface area contributed by atoms with Gasteiger partial charge in [-0.15, -0.1) is 0 Å². The first-order valence-corrected chi connectivity index (χ1v) is 10.9. The SMILES string of the molecule is COC(=O)c1cc2c(n1S(=O)(=O)c1ccc(C)cc1)CC/C2=C/c1ccc(F)cc1. The van der Waals surface area contributed by atoms with E-state index in [0.717, 1.165) is 20.7 Å². The fourth-order valence-electron chi connectivity index (χ4n) is 3.68. The number of nitrogens with zero attached hydrogens (tertiary/aromatic N) is 1. The fraction of sp³-hybridized carbons (Fsp3) is 0.174. The molecule has 0 saturated carbocycles. The third-order valence-electron chi connectivity index (χ3n) is 5.20. The van der Waals surface area contributed by atoms with E-state index in [1.165, 1.54) is 31.4 Å². The average Bonchev–Trinajstić information content (AvgIpc) is 3.29. The van der Waals surface area contributed by atoms with Crippen molar-refractivity contribution in [3.63, 3.8) is 0 Å². The lowest BCUT2D eigenvalue weighted by atomic mass is 10.1. The summed E-state index contributed by atoms with van der Waals surface area (Å²) in [5.74, 6) is -1.05. The van der Waals surface area contributed by atoms with Gasteiger partial charge >= 0.3 is 5.97 Å². The maximum atomic E-state index is 13.4. The topological polar surface area (TPSA) is 65.4 Å². The van der Waals surface area contributed by atoms with Crippen molar-refractivity contribution in [1.82, 2.24) is 3.97 Å². The molecular formula is C23H20FNO4S. The summed E-state index contributed by atoms with van der Waals surface area (Å²) in [5.41, 5.74) is 3.82. The minimum Gasteiger partial charge on any atom is -0.464 e. The number of hydrogen-bond acceptors (Lipinski definition) is 4. The zero-order valence-electron chi connectivity index (χ0n) is 16.6. The van der Waals surface area contributed by atoms with E-state index in [1.54, 1.807) is 30.3 Å². The first-order valence-electron chi connectivity index (χ1n) is 9.43. The van der Waals surface area contributed by atoms with Crippen LogP contribution in [0.3, 0.4) is 0 Å². The molecule has 0 bridgehead atoms. The Morgan fingerprint density at radius 1 is 1.07 bits per heavy atom. The van der Waals surface area contributed by atoms with Crippen LogP contribution in [0.2, 0.25) is 0 Å². The molecule has 0 spiro atoms. The average molecular weight is 425 g/mol. The van der Waals surface area contributed by atoms with Crippen molar-refractivity contribution in [2.24, 2.45) is 0 Å². The first kappa shape index (κ1) is 20.1. The number of ether oxygens (including phenoxy) is 1. The number of methoxy groups -OCH3 is 1. The van der Waals surface area contributed by atoms with Crippen LogP contribution < -0.4 is 0 Å². The third kappa shape index (κ3) is 3.45. The summed E-state index contributed by atoms with van der Waals surface area (Å²) in [6.07, 6.45) is 2.96. The zero-order valence-corrected chi connectivity index (χ0v) is 17.4. The van der Waals surface area contributed by atoms with Gasteiger partial charge in [-0.1, -0.05) is 35.9 Å². The number of benzene rings is 2. The van der Waals surface area contributed by atoms with Crippen LogP contribution in [0.25, 0.3) is 11.6 Å². The van der Waals surface area contributed by atoms with Crippen LogP contribution >= 0.6 is 0 Å². The molecule has 0 saturated heterocycles. The van der Waals surface area contributed by atoms with Crippen molar-refractivity contribution >= 4 is 27.6 Å². The van der Waals surface area contributed by atoms with E-state index in [-0.39, 0.29) is 16.4 Å². The molecule has 0 fully saturated rings. The second-order valence-corrected chi connectivity index (χ2v) is 8.97. The first-order chi connectivity index (χ1) is 14.3. The van der Waals surface area contributed by atoms with Crippen molar-refractivity contribution in [3.05, 3.63) is 88.5 Å². The van der Waals surface area contributed by atoms with Crippen molar-refractivity contribution in [1.29, 1.82) is 0 Å². The number of aromatic nitrogens is 1. The predicted octanol–water partition coefficient (Wildman–Crippen LogP) is 4.45. The van der Waals surface area contributed by atoms with Gasteiger partial charge in [0.15, 0.2) is 0 Å². The smallest absolute Gasteiger partial charge is 0.355 e. The van der Waals surface area contributed by atoms with Gasteiger partial charge in [-0.3, -0.25) is 0 Å². The molecule has 1 aromatic heterocycles. The Labute approximate surface area is 174 Å². The van der Waals surface area contributed by atoms with E-state index in [1.807, 2.05) is 13.0 Å². The molecule has 0 radical (unpaired) electrons. The van der Waals surface area contributed by atoms with Gasteiger partial charge < -0.3 is 4.74 Å². The quantitative estimate of drug-likeness (QED) is 0.580.